The number of nitrogens with zero attached hydrogens (tertiary/aromatic N) is 1. The molecule has 2 aliphatic rings. The third-order valence-corrected chi connectivity index (χ3v) is 4.14. The van der Waals surface area contributed by atoms with Gasteiger partial charge >= 0.3 is 0 Å². The molecule has 1 amide bonds. The quantitative estimate of drug-likeness (QED) is 0.769. The van der Waals surface area contributed by atoms with E-state index in [0.29, 0.717) is 12.5 Å². The highest BCUT2D eigenvalue weighted by Crippen LogP contribution is 2.30. The van der Waals surface area contributed by atoms with E-state index in [1.165, 1.54) is 0 Å². The van der Waals surface area contributed by atoms with Crippen LogP contribution < -0.4 is 5.32 Å². The van der Waals surface area contributed by atoms with Gasteiger partial charge in [-0.2, -0.15) is 0 Å². The Kier molecular flexibility index (Phi) is 4.28. The van der Waals surface area contributed by atoms with Gasteiger partial charge in [0, 0.05) is 19.6 Å². The highest BCUT2D eigenvalue weighted by atomic mass is 16.3. The predicted molar refractivity (Wildman–Crippen MR) is 71.2 cm³/mol. The average molecular weight is 254 g/mol. The largest absolute Gasteiger partial charge is 0.388 e. The average Bonchev–Trinajstić information content (AvgIpc) is 2.70. The third kappa shape index (κ3) is 3.45. The second kappa shape index (κ2) is 5.57. The molecule has 2 rings (SSSR count). The van der Waals surface area contributed by atoms with Crippen LogP contribution in [0.25, 0.3) is 0 Å². The summed E-state index contributed by atoms with van der Waals surface area (Å²) in [6, 6.07) is 0. The van der Waals surface area contributed by atoms with E-state index in [4.69, 9.17) is 0 Å². The summed E-state index contributed by atoms with van der Waals surface area (Å²) in [7, 11) is 0. The van der Waals surface area contributed by atoms with Gasteiger partial charge in [0.15, 0.2) is 0 Å². The van der Waals surface area contributed by atoms with Gasteiger partial charge in [-0.25, -0.2) is 0 Å². The van der Waals surface area contributed by atoms with Crippen molar-refractivity contribution in [3.8, 4) is 0 Å². The number of hydrogen-bond donors (Lipinski definition) is 2. The number of nitrogens with one attached hydrogen (secondary N) is 1. The van der Waals surface area contributed by atoms with Gasteiger partial charge in [-0.15, -0.1) is 0 Å². The van der Waals surface area contributed by atoms with Crippen LogP contribution in [0.5, 0.6) is 0 Å². The minimum atomic E-state index is -0.605. The Morgan fingerprint density at radius 1 is 1.50 bits per heavy atom. The Morgan fingerprint density at radius 2 is 2.22 bits per heavy atom. The predicted octanol–water partition coefficient (Wildman–Crippen LogP) is 0.995. The van der Waals surface area contributed by atoms with E-state index >= 15 is 0 Å². The molecule has 4 heteroatoms. The summed E-state index contributed by atoms with van der Waals surface area (Å²) in [5.74, 6) is 0.900. The Hall–Kier alpha value is -0.610. The number of aliphatic hydroxyl groups is 1. The molecule has 1 saturated heterocycles. The van der Waals surface area contributed by atoms with E-state index in [2.05, 4.69) is 24.1 Å². The molecule has 0 radical (unpaired) electrons. The van der Waals surface area contributed by atoms with Crippen molar-refractivity contribution in [3.05, 3.63) is 0 Å². The first-order valence-electron chi connectivity index (χ1n) is 7.21. The van der Waals surface area contributed by atoms with Crippen LogP contribution in [-0.4, -0.2) is 47.7 Å². The molecule has 0 aromatic carbocycles. The monoisotopic (exact) mass is 254 g/mol. The van der Waals surface area contributed by atoms with E-state index in [0.717, 1.165) is 45.3 Å². The molecule has 0 bridgehead atoms. The van der Waals surface area contributed by atoms with Crippen molar-refractivity contribution in [2.24, 2.45) is 11.8 Å². The fourth-order valence-electron chi connectivity index (χ4n) is 2.89. The highest BCUT2D eigenvalue weighted by molar-refractivity contribution is 5.79. The highest BCUT2D eigenvalue weighted by Gasteiger charge is 2.36. The van der Waals surface area contributed by atoms with Crippen LogP contribution in [0.15, 0.2) is 0 Å². The maximum atomic E-state index is 12.0. The van der Waals surface area contributed by atoms with Crippen LogP contribution in [0, 0.1) is 11.8 Å². The van der Waals surface area contributed by atoms with Crippen LogP contribution in [0.1, 0.15) is 39.5 Å². The molecular weight excluding hydrogens is 228 g/mol. The number of carbonyl (C=O) groups is 1. The summed E-state index contributed by atoms with van der Waals surface area (Å²) in [5.41, 5.74) is -0.605. The minimum absolute atomic E-state index is 0.118. The molecular formula is C14H26N2O2. The van der Waals surface area contributed by atoms with Gasteiger partial charge in [0.05, 0.1) is 11.5 Å². The molecule has 2 N–H and O–H groups in total. The van der Waals surface area contributed by atoms with Crippen LogP contribution >= 0.6 is 0 Å². The summed E-state index contributed by atoms with van der Waals surface area (Å²) in [4.78, 5) is 14.4. The van der Waals surface area contributed by atoms with Crippen molar-refractivity contribution < 1.29 is 9.90 Å². The topological polar surface area (TPSA) is 52.6 Å². The van der Waals surface area contributed by atoms with Crippen molar-refractivity contribution in [2.45, 2.75) is 45.1 Å². The number of carbonyl (C=O) groups excluding carboxylic acids is 1. The van der Waals surface area contributed by atoms with Crippen LogP contribution in [0.4, 0.5) is 0 Å². The van der Waals surface area contributed by atoms with Gasteiger partial charge in [-0.05, 0) is 38.1 Å². The molecule has 1 aliphatic heterocycles. The molecule has 1 heterocycles. The smallest absolute Gasteiger partial charge is 0.224 e. The fraction of sp³-hybridized carbons (Fsp3) is 0.929. The van der Waals surface area contributed by atoms with Crippen LogP contribution in [0.3, 0.4) is 0 Å². The molecule has 4 nitrogen and oxygen atoms in total. The lowest BCUT2D eigenvalue weighted by atomic mass is 9.80. The van der Waals surface area contributed by atoms with E-state index in [-0.39, 0.29) is 11.8 Å². The Labute approximate surface area is 110 Å². The van der Waals surface area contributed by atoms with Crippen molar-refractivity contribution in [1.82, 2.24) is 10.2 Å². The van der Waals surface area contributed by atoms with Gasteiger partial charge in [0.1, 0.15) is 0 Å². The zero-order valence-electron chi connectivity index (χ0n) is 11.6. The maximum Gasteiger partial charge on any atom is 0.224 e. The molecule has 1 saturated carbocycles. The second-order valence-corrected chi connectivity index (χ2v) is 6.43. The van der Waals surface area contributed by atoms with Gasteiger partial charge < -0.3 is 15.3 Å². The van der Waals surface area contributed by atoms with Crippen molar-refractivity contribution >= 4 is 5.91 Å². The molecule has 1 atom stereocenters. The normalized spacial score (nSPS) is 27.2. The summed E-state index contributed by atoms with van der Waals surface area (Å²) in [6.45, 7) is 7.84. The zero-order valence-corrected chi connectivity index (χ0v) is 11.6. The Balaban J connectivity index is 1.70. The SMILES string of the molecule is CC(C)CN1CCC(C(=O)NCC2(O)CCC2)C1. The first-order chi connectivity index (χ1) is 8.48. The molecule has 1 unspecified atom stereocenters. The molecule has 0 spiro atoms. The van der Waals surface area contributed by atoms with E-state index in [1.807, 2.05) is 0 Å². The van der Waals surface area contributed by atoms with E-state index < -0.39 is 5.60 Å². The fourth-order valence-corrected chi connectivity index (χ4v) is 2.89. The number of amides is 1. The second-order valence-electron chi connectivity index (χ2n) is 6.43. The lowest BCUT2D eigenvalue weighted by Gasteiger charge is -2.36. The summed E-state index contributed by atoms with van der Waals surface area (Å²) < 4.78 is 0. The van der Waals surface area contributed by atoms with Crippen molar-refractivity contribution in [3.63, 3.8) is 0 Å². The van der Waals surface area contributed by atoms with Crippen LogP contribution in [-0.2, 0) is 4.79 Å². The molecule has 1 aliphatic carbocycles. The van der Waals surface area contributed by atoms with Crippen LogP contribution in [0.2, 0.25) is 0 Å². The van der Waals surface area contributed by atoms with Gasteiger partial charge in [-0.3, -0.25) is 4.79 Å². The summed E-state index contributed by atoms with van der Waals surface area (Å²) >= 11 is 0. The number of rotatable bonds is 5. The summed E-state index contributed by atoms with van der Waals surface area (Å²) in [5, 5.41) is 12.9. The first kappa shape index (κ1) is 13.8. The lowest BCUT2D eigenvalue weighted by molar-refractivity contribution is -0.127. The Bertz CT molecular complexity index is 300. The third-order valence-electron chi connectivity index (χ3n) is 4.14. The maximum absolute atomic E-state index is 12.0. The first-order valence-corrected chi connectivity index (χ1v) is 7.21. The van der Waals surface area contributed by atoms with Gasteiger partial charge in [0.25, 0.3) is 0 Å². The van der Waals surface area contributed by atoms with E-state index in [9.17, 15) is 9.90 Å². The van der Waals surface area contributed by atoms with Gasteiger partial charge in [-0.1, -0.05) is 13.8 Å². The zero-order chi connectivity index (χ0) is 13.2. The number of likely N-dealkylation sites (tertiary alicyclic amines) is 1. The molecule has 2 fully saturated rings. The molecule has 104 valence electrons. The Morgan fingerprint density at radius 3 is 2.78 bits per heavy atom. The van der Waals surface area contributed by atoms with E-state index in [1.54, 1.807) is 0 Å². The lowest BCUT2D eigenvalue weighted by Crippen LogP contribution is -2.49. The standard InChI is InChI=1S/C14H26N2O2/c1-11(2)8-16-7-4-12(9-16)13(17)15-10-14(18)5-3-6-14/h11-12,18H,3-10H2,1-2H3,(H,15,17). The minimum Gasteiger partial charge on any atom is -0.388 e. The van der Waals surface area contributed by atoms with Crippen molar-refractivity contribution in [2.75, 3.05) is 26.2 Å². The number of hydrogen-bond acceptors (Lipinski definition) is 3. The van der Waals surface area contributed by atoms with Gasteiger partial charge in [0.2, 0.25) is 5.91 Å². The molecule has 0 aromatic rings. The summed E-state index contributed by atoms with van der Waals surface area (Å²) in [6.07, 6.45) is 3.70. The van der Waals surface area contributed by atoms with Crippen molar-refractivity contribution in [1.29, 1.82) is 0 Å². The molecule has 18 heavy (non-hydrogen) atoms. The molecule has 0 aromatic heterocycles.